The smallest absolute Gasteiger partial charge is 0.119 e. The van der Waals surface area contributed by atoms with Gasteiger partial charge < -0.3 is 10.4 Å². The second kappa shape index (κ2) is 4.38. The third kappa shape index (κ3) is 2.32. The lowest BCUT2D eigenvalue weighted by Crippen LogP contribution is -2.15. The van der Waals surface area contributed by atoms with Crippen LogP contribution in [-0.4, -0.2) is 16.1 Å². The summed E-state index contributed by atoms with van der Waals surface area (Å²) in [6.07, 6.45) is 3.58. The molecule has 0 amide bonds. The number of thiazole rings is 1. The SMILES string of the molecule is CCc1nc(CO)sc1CNC1CC1. The summed E-state index contributed by atoms with van der Waals surface area (Å²) in [6, 6.07) is 0.736. The summed E-state index contributed by atoms with van der Waals surface area (Å²) < 4.78 is 0. The molecule has 4 heteroatoms. The van der Waals surface area contributed by atoms with E-state index in [2.05, 4.69) is 17.2 Å². The van der Waals surface area contributed by atoms with Crippen molar-refractivity contribution in [2.75, 3.05) is 0 Å². The van der Waals surface area contributed by atoms with E-state index < -0.39 is 0 Å². The lowest BCUT2D eigenvalue weighted by molar-refractivity contribution is 0.281. The lowest BCUT2D eigenvalue weighted by Gasteiger charge is -2.00. The lowest BCUT2D eigenvalue weighted by atomic mass is 10.3. The molecule has 0 saturated heterocycles. The minimum Gasteiger partial charge on any atom is -0.389 e. The first-order chi connectivity index (χ1) is 6.83. The molecule has 0 aliphatic heterocycles. The van der Waals surface area contributed by atoms with Gasteiger partial charge in [0.05, 0.1) is 12.3 Å². The Morgan fingerprint density at radius 2 is 2.36 bits per heavy atom. The second-order valence-electron chi connectivity index (χ2n) is 3.64. The Bertz CT molecular complexity index is 307. The van der Waals surface area contributed by atoms with Gasteiger partial charge in [-0.2, -0.15) is 0 Å². The molecule has 78 valence electrons. The zero-order chi connectivity index (χ0) is 9.97. The molecule has 0 atom stereocenters. The molecule has 2 rings (SSSR count). The first kappa shape index (κ1) is 10.1. The van der Waals surface area contributed by atoms with Gasteiger partial charge >= 0.3 is 0 Å². The predicted molar refractivity (Wildman–Crippen MR) is 57.3 cm³/mol. The van der Waals surface area contributed by atoms with Gasteiger partial charge in [-0.1, -0.05) is 6.92 Å². The van der Waals surface area contributed by atoms with E-state index in [1.165, 1.54) is 17.7 Å². The van der Waals surface area contributed by atoms with Crippen molar-refractivity contribution in [3.05, 3.63) is 15.6 Å². The first-order valence-corrected chi connectivity index (χ1v) is 5.96. The monoisotopic (exact) mass is 212 g/mol. The van der Waals surface area contributed by atoms with Crippen molar-refractivity contribution in [1.82, 2.24) is 10.3 Å². The third-order valence-electron chi connectivity index (χ3n) is 2.42. The Balaban J connectivity index is 2.00. The van der Waals surface area contributed by atoms with Gasteiger partial charge in [0, 0.05) is 17.5 Å². The Morgan fingerprint density at radius 3 is 2.93 bits per heavy atom. The summed E-state index contributed by atoms with van der Waals surface area (Å²) >= 11 is 1.63. The number of aliphatic hydroxyl groups excluding tert-OH is 1. The number of hydrogen-bond acceptors (Lipinski definition) is 4. The van der Waals surface area contributed by atoms with E-state index >= 15 is 0 Å². The highest BCUT2D eigenvalue weighted by Crippen LogP contribution is 2.23. The summed E-state index contributed by atoms with van der Waals surface area (Å²) in [7, 11) is 0. The quantitative estimate of drug-likeness (QED) is 0.776. The van der Waals surface area contributed by atoms with Crippen LogP contribution in [0.3, 0.4) is 0 Å². The van der Waals surface area contributed by atoms with E-state index in [1.54, 1.807) is 11.3 Å². The highest BCUT2D eigenvalue weighted by atomic mass is 32.1. The second-order valence-corrected chi connectivity index (χ2v) is 4.81. The van der Waals surface area contributed by atoms with Crippen LogP contribution < -0.4 is 5.32 Å². The third-order valence-corrected chi connectivity index (χ3v) is 3.50. The standard InChI is InChI=1S/C10H16N2OS/c1-2-8-9(5-11-7-3-4-7)14-10(6-13)12-8/h7,11,13H,2-6H2,1H3. The highest BCUT2D eigenvalue weighted by molar-refractivity contribution is 7.11. The van der Waals surface area contributed by atoms with Gasteiger partial charge in [-0.15, -0.1) is 11.3 Å². The molecule has 1 aromatic heterocycles. The molecule has 0 radical (unpaired) electrons. The molecule has 1 aliphatic carbocycles. The van der Waals surface area contributed by atoms with Gasteiger partial charge in [-0.3, -0.25) is 0 Å². The van der Waals surface area contributed by atoms with E-state index in [-0.39, 0.29) is 6.61 Å². The van der Waals surface area contributed by atoms with Crippen LogP contribution in [0.5, 0.6) is 0 Å². The maximum absolute atomic E-state index is 8.99. The Labute approximate surface area is 88.2 Å². The molecule has 1 aliphatic rings. The fraction of sp³-hybridized carbons (Fsp3) is 0.700. The first-order valence-electron chi connectivity index (χ1n) is 5.15. The molecular weight excluding hydrogens is 196 g/mol. The minimum absolute atomic E-state index is 0.0705. The number of hydrogen-bond donors (Lipinski definition) is 2. The van der Waals surface area contributed by atoms with E-state index in [9.17, 15) is 0 Å². The summed E-state index contributed by atoms with van der Waals surface area (Å²) in [6.45, 7) is 3.10. The fourth-order valence-corrected chi connectivity index (χ4v) is 2.41. The molecule has 1 aromatic rings. The number of nitrogens with one attached hydrogen (secondary N) is 1. The molecule has 2 N–H and O–H groups in total. The van der Waals surface area contributed by atoms with Gasteiger partial charge in [-0.05, 0) is 19.3 Å². The average molecular weight is 212 g/mol. The topological polar surface area (TPSA) is 45.2 Å². The molecule has 3 nitrogen and oxygen atoms in total. The minimum atomic E-state index is 0.0705. The van der Waals surface area contributed by atoms with Crippen LogP contribution in [0.2, 0.25) is 0 Å². The van der Waals surface area contributed by atoms with E-state index in [1.807, 2.05) is 0 Å². The molecule has 0 unspecified atom stereocenters. The molecule has 1 heterocycles. The summed E-state index contributed by atoms with van der Waals surface area (Å²) in [5.41, 5.74) is 1.15. The van der Waals surface area contributed by atoms with Gasteiger partial charge in [0.2, 0.25) is 0 Å². The van der Waals surface area contributed by atoms with Crippen LogP contribution in [0, 0.1) is 0 Å². The normalized spacial score (nSPS) is 16.1. The van der Waals surface area contributed by atoms with Crippen molar-refractivity contribution >= 4 is 11.3 Å². The average Bonchev–Trinajstić information content (AvgIpc) is 2.95. The van der Waals surface area contributed by atoms with Crippen molar-refractivity contribution < 1.29 is 5.11 Å². The molecule has 0 spiro atoms. The molecule has 1 fully saturated rings. The molecule has 1 saturated carbocycles. The van der Waals surface area contributed by atoms with Gasteiger partial charge in [0.25, 0.3) is 0 Å². The molecule has 0 aromatic carbocycles. The van der Waals surface area contributed by atoms with Crippen molar-refractivity contribution in [3.8, 4) is 0 Å². The largest absolute Gasteiger partial charge is 0.389 e. The Morgan fingerprint density at radius 1 is 1.57 bits per heavy atom. The van der Waals surface area contributed by atoms with E-state index in [4.69, 9.17) is 5.11 Å². The van der Waals surface area contributed by atoms with E-state index in [0.717, 1.165) is 29.7 Å². The van der Waals surface area contributed by atoms with Crippen LogP contribution in [0.4, 0.5) is 0 Å². The van der Waals surface area contributed by atoms with Crippen molar-refractivity contribution in [3.63, 3.8) is 0 Å². The summed E-state index contributed by atoms with van der Waals surface area (Å²) in [5.74, 6) is 0. The molecular formula is C10H16N2OS. The van der Waals surface area contributed by atoms with Crippen LogP contribution in [-0.2, 0) is 19.6 Å². The maximum atomic E-state index is 8.99. The van der Waals surface area contributed by atoms with Crippen LogP contribution in [0.25, 0.3) is 0 Å². The zero-order valence-electron chi connectivity index (χ0n) is 8.42. The van der Waals surface area contributed by atoms with Crippen LogP contribution in [0.1, 0.15) is 35.3 Å². The highest BCUT2D eigenvalue weighted by Gasteiger charge is 2.21. The number of nitrogens with zero attached hydrogens (tertiary/aromatic N) is 1. The fourth-order valence-electron chi connectivity index (χ4n) is 1.44. The zero-order valence-corrected chi connectivity index (χ0v) is 9.23. The van der Waals surface area contributed by atoms with Gasteiger partial charge in [0.15, 0.2) is 0 Å². The van der Waals surface area contributed by atoms with Gasteiger partial charge in [-0.25, -0.2) is 4.98 Å². The Hall–Kier alpha value is -0.450. The summed E-state index contributed by atoms with van der Waals surface area (Å²) in [4.78, 5) is 5.67. The molecule has 14 heavy (non-hydrogen) atoms. The number of aromatic nitrogens is 1. The predicted octanol–water partition coefficient (Wildman–Crippen LogP) is 1.45. The van der Waals surface area contributed by atoms with Crippen molar-refractivity contribution in [2.45, 2.75) is 45.4 Å². The van der Waals surface area contributed by atoms with Crippen LogP contribution in [0.15, 0.2) is 0 Å². The number of aryl methyl sites for hydroxylation is 1. The van der Waals surface area contributed by atoms with Gasteiger partial charge in [0.1, 0.15) is 5.01 Å². The Kier molecular flexibility index (Phi) is 3.15. The van der Waals surface area contributed by atoms with Crippen LogP contribution >= 0.6 is 11.3 Å². The maximum Gasteiger partial charge on any atom is 0.119 e. The number of rotatable bonds is 5. The molecule has 0 bridgehead atoms. The van der Waals surface area contributed by atoms with Crippen molar-refractivity contribution in [1.29, 1.82) is 0 Å². The van der Waals surface area contributed by atoms with E-state index in [0.29, 0.717) is 0 Å². The number of aliphatic hydroxyl groups is 1. The van der Waals surface area contributed by atoms with Crippen molar-refractivity contribution in [2.24, 2.45) is 0 Å². The summed E-state index contributed by atoms with van der Waals surface area (Å²) in [5, 5.41) is 13.3.